The number of benzene rings is 1. The van der Waals surface area contributed by atoms with Crippen molar-refractivity contribution in [2.45, 2.75) is 37.8 Å². The molecule has 0 aliphatic carbocycles. The number of aryl methyl sites for hydroxylation is 1. The van der Waals surface area contributed by atoms with Crippen LogP contribution in [0.3, 0.4) is 0 Å². The zero-order chi connectivity index (χ0) is 20.7. The third kappa shape index (κ3) is 3.41. The molecule has 5 rings (SSSR count). The predicted octanol–water partition coefficient (Wildman–Crippen LogP) is 1.81. The number of nitrogens with zero attached hydrogens (tertiary/aromatic N) is 3. The Hall–Kier alpha value is -2.67. The number of hydrogen-bond donors (Lipinski definition) is 2. The first kappa shape index (κ1) is 19.3. The van der Waals surface area contributed by atoms with Crippen molar-refractivity contribution in [3.05, 3.63) is 42.1 Å². The Bertz CT molecular complexity index is 940. The summed E-state index contributed by atoms with van der Waals surface area (Å²) in [5.74, 6) is 1.01. The number of nitrogens with one attached hydrogen (secondary N) is 2. The van der Waals surface area contributed by atoms with Crippen molar-refractivity contribution in [3.63, 3.8) is 0 Å². The molecule has 4 heterocycles. The van der Waals surface area contributed by atoms with E-state index in [1.807, 2.05) is 43.4 Å². The number of carbonyl (C=O) groups is 2. The summed E-state index contributed by atoms with van der Waals surface area (Å²) in [6.45, 7) is 2.40. The van der Waals surface area contributed by atoms with Crippen LogP contribution in [0.1, 0.15) is 36.2 Å². The van der Waals surface area contributed by atoms with Gasteiger partial charge in [0.05, 0.1) is 11.7 Å². The molecule has 3 aliphatic rings. The van der Waals surface area contributed by atoms with E-state index in [0.29, 0.717) is 36.5 Å². The van der Waals surface area contributed by atoms with Gasteiger partial charge < -0.3 is 15.5 Å². The second kappa shape index (κ2) is 7.87. The van der Waals surface area contributed by atoms with Crippen LogP contribution in [0.25, 0.3) is 11.3 Å². The second-order valence-electron chi connectivity index (χ2n) is 8.86. The van der Waals surface area contributed by atoms with Gasteiger partial charge in [0.2, 0.25) is 5.91 Å². The number of piperidine rings is 3. The summed E-state index contributed by atoms with van der Waals surface area (Å²) in [6, 6.07) is 12.1. The SMILES string of the molecule is Cn1nc(C(=O)NC[C@H]2[C@@H]3CNC[C@@H](C3)[C@@H]3CCCC(=O)N32)cc1-c1ccccc1. The lowest BCUT2D eigenvalue weighted by Gasteiger charge is -2.54. The fourth-order valence-electron chi connectivity index (χ4n) is 5.64. The fraction of sp³-hybridized carbons (Fsp3) is 0.522. The van der Waals surface area contributed by atoms with Crippen molar-refractivity contribution < 1.29 is 9.59 Å². The number of rotatable bonds is 4. The largest absolute Gasteiger partial charge is 0.349 e. The van der Waals surface area contributed by atoms with Crippen molar-refractivity contribution in [1.82, 2.24) is 25.3 Å². The van der Waals surface area contributed by atoms with Crippen LogP contribution in [-0.4, -0.2) is 58.2 Å². The fourth-order valence-corrected chi connectivity index (χ4v) is 5.64. The molecule has 2 aromatic rings. The minimum Gasteiger partial charge on any atom is -0.349 e. The molecular formula is C23H29N5O2. The van der Waals surface area contributed by atoms with Crippen LogP contribution in [0.15, 0.2) is 36.4 Å². The maximum absolute atomic E-state index is 12.9. The van der Waals surface area contributed by atoms with Crippen molar-refractivity contribution in [1.29, 1.82) is 0 Å². The monoisotopic (exact) mass is 407 g/mol. The number of fused-ring (bicyclic) bond motifs is 4. The zero-order valence-corrected chi connectivity index (χ0v) is 17.4. The van der Waals surface area contributed by atoms with Gasteiger partial charge in [-0.1, -0.05) is 30.3 Å². The van der Waals surface area contributed by atoms with Crippen LogP contribution in [0, 0.1) is 11.8 Å². The third-order valence-corrected chi connectivity index (χ3v) is 7.05. The summed E-state index contributed by atoms with van der Waals surface area (Å²) >= 11 is 0. The summed E-state index contributed by atoms with van der Waals surface area (Å²) in [7, 11) is 1.85. The molecule has 2 bridgehead atoms. The molecule has 7 heteroatoms. The molecule has 0 saturated carbocycles. The molecule has 2 N–H and O–H groups in total. The van der Waals surface area contributed by atoms with E-state index in [9.17, 15) is 9.59 Å². The van der Waals surface area contributed by atoms with Crippen molar-refractivity contribution >= 4 is 11.8 Å². The molecule has 3 saturated heterocycles. The van der Waals surface area contributed by atoms with Gasteiger partial charge in [0.15, 0.2) is 5.69 Å². The van der Waals surface area contributed by atoms with Gasteiger partial charge in [0.1, 0.15) is 0 Å². The van der Waals surface area contributed by atoms with Crippen LogP contribution in [0.4, 0.5) is 0 Å². The van der Waals surface area contributed by atoms with Crippen LogP contribution in [0.5, 0.6) is 0 Å². The molecule has 3 aliphatic heterocycles. The quantitative estimate of drug-likeness (QED) is 0.810. The van der Waals surface area contributed by atoms with E-state index < -0.39 is 0 Å². The number of aromatic nitrogens is 2. The topological polar surface area (TPSA) is 79.3 Å². The highest BCUT2D eigenvalue weighted by Gasteiger charge is 2.47. The maximum Gasteiger partial charge on any atom is 0.271 e. The molecule has 0 unspecified atom stereocenters. The molecule has 4 atom stereocenters. The van der Waals surface area contributed by atoms with Crippen LogP contribution < -0.4 is 10.6 Å². The lowest BCUT2D eigenvalue weighted by atomic mass is 9.72. The molecule has 7 nitrogen and oxygen atoms in total. The third-order valence-electron chi connectivity index (χ3n) is 7.05. The highest BCUT2D eigenvalue weighted by molar-refractivity contribution is 5.93. The van der Waals surface area contributed by atoms with Gasteiger partial charge in [-0.3, -0.25) is 14.3 Å². The van der Waals surface area contributed by atoms with Gasteiger partial charge in [-0.15, -0.1) is 0 Å². The summed E-state index contributed by atoms with van der Waals surface area (Å²) in [5, 5.41) is 11.0. The van der Waals surface area contributed by atoms with Gasteiger partial charge in [0, 0.05) is 32.6 Å². The minimum atomic E-state index is -0.181. The van der Waals surface area contributed by atoms with E-state index in [-0.39, 0.29) is 17.9 Å². The molecule has 158 valence electrons. The van der Waals surface area contributed by atoms with E-state index >= 15 is 0 Å². The highest BCUT2D eigenvalue weighted by Crippen LogP contribution is 2.39. The molecule has 0 spiro atoms. The summed E-state index contributed by atoms with van der Waals surface area (Å²) < 4.78 is 1.74. The van der Waals surface area contributed by atoms with Crippen LogP contribution >= 0.6 is 0 Å². The first-order chi connectivity index (χ1) is 14.6. The maximum atomic E-state index is 12.9. The average molecular weight is 408 g/mol. The highest BCUT2D eigenvalue weighted by atomic mass is 16.2. The van der Waals surface area contributed by atoms with Crippen LogP contribution in [-0.2, 0) is 11.8 Å². The first-order valence-electron chi connectivity index (χ1n) is 11.0. The Morgan fingerprint density at radius 1 is 1.23 bits per heavy atom. The van der Waals surface area contributed by atoms with Crippen molar-refractivity contribution in [3.8, 4) is 11.3 Å². The molecule has 1 aromatic heterocycles. The molecule has 30 heavy (non-hydrogen) atoms. The standard InChI is InChI=1S/C23H29N5O2/c1-27-20(15-6-3-2-4-7-15)11-18(26-27)23(30)25-14-21-17-10-16(12-24-13-17)19-8-5-9-22(29)28(19)21/h2-4,6-7,11,16-17,19,21,24H,5,8-10,12-14H2,1H3,(H,25,30)/t16-,17+,19+,21+/m1/s1. The van der Waals surface area contributed by atoms with E-state index in [1.54, 1.807) is 4.68 Å². The van der Waals surface area contributed by atoms with Gasteiger partial charge in [-0.2, -0.15) is 5.10 Å². The van der Waals surface area contributed by atoms with E-state index in [0.717, 1.165) is 43.6 Å². The lowest BCUT2D eigenvalue weighted by molar-refractivity contribution is -0.148. The molecular weight excluding hydrogens is 378 g/mol. The lowest BCUT2D eigenvalue weighted by Crippen LogP contribution is -2.66. The van der Waals surface area contributed by atoms with Gasteiger partial charge >= 0.3 is 0 Å². The summed E-state index contributed by atoms with van der Waals surface area (Å²) in [6.07, 6.45) is 3.84. The molecule has 0 radical (unpaired) electrons. The number of amides is 2. The smallest absolute Gasteiger partial charge is 0.271 e. The zero-order valence-electron chi connectivity index (χ0n) is 17.4. The average Bonchev–Trinajstić information content (AvgIpc) is 3.16. The Morgan fingerprint density at radius 2 is 2.03 bits per heavy atom. The summed E-state index contributed by atoms with van der Waals surface area (Å²) in [4.78, 5) is 27.8. The molecule has 3 fully saturated rings. The normalized spacial score (nSPS) is 28.2. The van der Waals surface area contributed by atoms with Gasteiger partial charge in [-0.25, -0.2) is 0 Å². The Labute approximate surface area is 176 Å². The van der Waals surface area contributed by atoms with Crippen LogP contribution in [0.2, 0.25) is 0 Å². The van der Waals surface area contributed by atoms with Crippen molar-refractivity contribution in [2.24, 2.45) is 18.9 Å². The van der Waals surface area contributed by atoms with Crippen molar-refractivity contribution in [2.75, 3.05) is 19.6 Å². The molecule has 2 amide bonds. The van der Waals surface area contributed by atoms with E-state index in [2.05, 4.69) is 20.6 Å². The Kier molecular flexibility index (Phi) is 5.06. The number of carbonyl (C=O) groups excluding carboxylic acids is 2. The predicted molar refractivity (Wildman–Crippen MR) is 114 cm³/mol. The minimum absolute atomic E-state index is 0.0631. The first-order valence-corrected chi connectivity index (χ1v) is 11.0. The second-order valence-corrected chi connectivity index (χ2v) is 8.86. The van der Waals surface area contributed by atoms with Gasteiger partial charge in [0.25, 0.3) is 5.91 Å². The Morgan fingerprint density at radius 3 is 2.87 bits per heavy atom. The molecule has 1 aromatic carbocycles. The van der Waals surface area contributed by atoms with Gasteiger partial charge in [-0.05, 0) is 49.3 Å². The number of hydrogen-bond acceptors (Lipinski definition) is 4. The Balaban J connectivity index is 1.31. The summed E-state index contributed by atoms with van der Waals surface area (Å²) in [5.41, 5.74) is 2.34. The van der Waals surface area contributed by atoms with E-state index in [1.165, 1.54) is 0 Å². The van der Waals surface area contributed by atoms with E-state index in [4.69, 9.17) is 0 Å².